The summed E-state index contributed by atoms with van der Waals surface area (Å²) in [5.74, 6) is 1.67. The van der Waals surface area contributed by atoms with Crippen molar-refractivity contribution in [2.24, 2.45) is 0 Å². The quantitative estimate of drug-likeness (QED) is 0.763. The van der Waals surface area contributed by atoms with Crippen LogP contribution in [-0.2, 0) is 0 Å². The maximum Gasteiger partial charge on any atom is 0.119 e. The van der Waals surface area contributed by atoms with Gasteiger partial charge in [0.25, 0.3) is 0 Å². The zero-order chi connectivity index (χ0) is 11.7. The summed E-state index contributed by atoms with van der Waals surface area (Å²) in [5.41, 5.74) is 3.74. The second kappa shape index (κ2) is 4.25. The SMILES string of the molecule is COc1cccc(-c2c[c]c(C3CC3)cc2)c1. The molecule has 0 unspecified atom stereocenters. The topological polar surface area (TPSA) is 9.23 Å². The first-order valence-corrected chi connectivity index (χ1v) is 6.03. The van der Waals surface area contributed by atoms with Crippen LogP contribution >= 0.6 is 0 Å². The van der Waals surface area contributed by atoms with Crippen molar-refractivity contribution < 1.29 is 4.74 Å². The molecule has 1 nitrogen and oxygen atoms in total. The van der Waals surface area contributed by atoms with Crippen molar-refractivity contribution in [1.82, 2.24) is 0 Å². The first-order valence-electron chi connectivity index (χ1n) is 6.03. The highest BCUT2D eigenvalue weighted by molar-refractivity contribution is 5.65. The van der Waals surface area contributed by atoms with Crippen LogP contribution < -0.4 is 4.74 Å². The molecule has 1 radical (unpaired) electrons. The van der Waals surface area contributed by atoms with Gasteiger partial charge in [-0.3, -0.25) is 0 Å². The van der Waals surface area contributed by atoms with Gasteiger partial charge in [0.1, 0.15) is 5.75 Å². The molecule has 1 heteroatoms. The summed E-state index contributed by atoms with van der Waals surface area (Å²) in [4.78, 5) is 0. The number of rotatable bonds is 3. The summed E-state index contributed by atoms with van der Waals surface area (Å²) < 4.78 is 5.24. The molecule has 0 atom stereocenters. The van der Waals surface area contributed by atoms with Crippen molar-refractivity contribution >= 4 is 0 Å². The van der Waals surface area contributed by atoms with Crippen LogP contribution in [0.25, 0.3) is 11.1 Å². The third kappa shape index (κ3) is 2.19. The fourth-order valence-electron chi connectivity index (χ4n) is 2.07. The van der Waals surface area contributed by atoms with Crippen LogP contribution in [0.4, 0.5) is 0 Å². The summed E-state index contributed by atoms with van der Waals surface area (Å²) in [6.07, 6.45) is 2.66. The molecule has 0 amide bonds. The zero-order valence-electron chi connectivity index (χ0n) is 9.94. The fourth-order valence-corrected chi connectivity index (χ4v) is 2.07. The molecule has 85 valence electrons. The van der Waals surface area contributed by atoms with Crippen molar-refractivity contribution in [1.29, 1.82) is 0 Å². The molecule has 0 spiro atoms. The van der Waals surface area contributed by atoms with E-state index in [1.54, 1.807) is 7.11 Å². The number of methoxy groups -OCH3 is 1. The second-order valence-electron chi connectivity index (χ2n) is 4.54. The van der Waals surface area contributed by atoms with Crippen LogP contribution in [0.2, 0.25) is 0 Å². The van der Waals surface area contributed by atoms with Crippen molar-refractivity contribution in [3.63, 3.8) is 0 Å². The highest BCUT2D eigenvalue weighted by Gasteiger charge is 2.23. The molecule has 0 saturated heterocycles. The van der Waals surface area contributed by atoms with Crippen LogP contribution in [0.3, 0.4) is 0 Å². The van der Waals surface area contributed by atoms with E-state index < -0.39 is 0 Å². The van der Waals surface area contributed by atoms with Gasteiger partial charge in [0, 0.05) is 0 Å². The highest BCUT2D eigenvalue weighted by atomic mass is 16.5. The molecule has 1 aliphatic carbocycles. The van der Waals surface area contributed by atoms with Gasteiger partial charge in [-0.1, -0.05) is 24.3 Å². The van der Waals surface area contributed by atoms with Gasteiger partial charge in [0.2, 0.25) is 0 Å². The van der Waals surface area contributed by atoms with E-state index in [1.807, 2.05) is 12.1 Å². The Bertz CT molecular complexity index is 509. The molecule has 2 aromatic carbocycles. The fraction of sp³-hybridized carbons (Fsp3) is 0.250. The Balaban J connectivity index is 1.91. The molecule has 1 aliphatic rings. The molecular weight excluding hydrogens is 208 g/mol. The zero-order valence-corrected chi connectivity index (χ0v) is 9.94. The van der Waals surface area contributed by atoms with Gasteiger partial charge < -0.3 is 4.74 Å². The van der Waals surface area contributed by atoms with Crippen molar-refractivity contribution in [2.45, 2.75) is 18.8 Å². The van der Waals surface area contributed by atoms with Crippen LogP contribution in [0.15, 0.2) is 42.5 Å². The molecule has 2 aromatic rings. The summed E-state index contributed by atoms with van der Waals surface area (Å²) in [6, 6.07) is 18.0. The van der Waals surface area contributed by atoms with Gasteiger partial charge in [-0.05, 0) is 59.7 Å². The van der Waals surface area contributed by atoms with Crippen LogP contribution in [0, 0.1) is 6.07 Å². The Morgan fingerprint density at radius 2 is 2.00 bits per heavy atom. The standard InChI is InChI=1S/C16H15O/c1-17-16-4-2-3-15(11-16)14-9-7-13(8-10-14)12-5-6-12/h2-4,7,9-12H,5-6H2,1H3. The van der Waals surface area contributed by atoms with Crippen molar-refractivity contribution in [3.8, 4) is 16.9 Å². The molecule has 3 rings (SSSR count). The Morgan fingerprint density at radius 3 is 2.65 bits per heavy atom. The number of benzene rings is 2. The van der Waals surface area contributed by atoms with E-state index in [2.05, 4.69) is 36.4 Å². The van der Waals surface area contributed by atoms with Gasteiger partial charge in [-0.2, -0.15) is 0 Å². The Morgan fingerprint density at radius 1 is 1.12 bits per heavy atom. The minimum absolute atomic E-state index is 0.773. The molecule has 0 heterocycles. The van der Waals surface area contributed by atoms with E-state index in [9.17, 15) is 0 Å². The molecule has 1 fully saturated rings. The lowest BCUT2D eigenvalue weighted by molar-refractivity contribution is 0.415. The maximum absolute atomic E-state index is 5.24. The monoisotopic (exact) mass is 223 g/mol. The number of ether oxygens (including phenoxy) is 1. The van der Waals surface area contributed by atoms with Crippen LogP contribution in [0.1, 0.15) is 24.3 Å². The normalized spacial score (nSPS) is 14.6. The highest BCUT2D eigenvalue weighted by Crippen LogP contribution is 2.40. The summed E-state index contributed by atoms with van der Waals surface area (Å²) >= 11 is 0. The predicted octanol–water partition coefficient (Wildman–Crippen LogP) is 4.04. The second-order valence-corrected chi connectivity index (χ2v) is 4.54. The van der Waals surface area contributed by atoms with Crippen LogP contribution in [-0.4, -0.2) is 7.11 Å². The molecule has 0 N–H and O–H groups in total. The third-order valence-electron chi connectivity index (χ3n) is 3.26. The average molecular weight is 223 g/mol. The van der Waals surface area contributed by atoms with Gasteiger partial charge in [0.05, 0.1) is 7.11 Å². The number of hydrogen-bond donors (Lipinski definition) is 0. The maximum atomic E-state index is 5.24. The summed E-state index contributed by atoms with van der Waals surface area (Å²) in [6.45, 7) is 0. The Hall–Kier alpha value is -1.76. The van der Waals surface area contributed by atoms with Crippen LogP contribution in [0.5, 0.6) is 5.75 Å². The molecule has 0 aromatic heterocycles. The summed E-state index contributed by atoms with van der Waals surface area (Å²) in [5, 5.41) is 0. The van der Waals surface area contributed by atoms with Gasteiger partial charge in [-0.15, -0.1) is 0 Å². The third-order valence-corrected chi connectivity index (χ3v) is 3.26. The first kappa shape index (κ1) is 10.4. The first-order chi connectivity index (χ1) is 8.36. The van der Waals surface area contributed by atoms with Crippen molar-refractivity contribution in [3.05, 3.63) is 54.1 Å². The number of hydrogen-bond acceptors (Lipinski definition) is 1. The van der Waals surface area contributed by atoms with E-state index in [0.717, 1.165) is 11.7 Å². The van der Waals surface area contributed by atoms with Gasteiger partial charge in [0.15, 0.2) is 0 Å². The lowest BCUT2D eigenvalue weighted by Crippen LogP contribution is -1.85. The largest absolute Gasteiger partial charge is 0.497 e. The van der Waals surface area contributed by atoms with E-state index in [0.29, 0.717) is 0 Å². The van der Waals surface area contributed by atoms with E-state index in [4.69, 9.17) is 4.74 Å². The van der Waals surface area contributed by atoms with E-state index in [1.165, 1.54) is 29.5 Å². The molecule has 1 saturated carbocycles. The molecule has 0 aliphatic heterocycles. The Labute approximate surface area is 102 Å². The lowest BCUT2D eigenvalue weighted by atomic mass is 10.0. The summed E-state index contributed by atoms with van der Waals surface area (Å²) in [7, 11) is 1.70. The lowest BCUT2D eigenvalue weighted by Gasteiger charge is -2.05. The molecule has 17 heavy (non-hydrogen) atoms. The van der Waals surface area contributed by atoms with E-state index in [-0.39, 0.29) is 0 Å². The van der Waals surface area contributed by atoms with Crippen molar-refractivity contribution in [2.75, 3.05) is 7.11 Å². The smallest absolute Gasteiger partial charge is 0.119 e. The minimum atomic E-state index is 0.773. The van der Waals surface area contributed by atoms with E-state index >= 15 is 0 Å². The minimum Gasteiger partial charge on any atom is -0.497 e. The predicted molar refractivity (Wildman–Crippen MR) is 69.2 cm³/mol. The Kier molecular flexibility index (Phi) is 2.60. The van der Waals surface area contributed by atoms with Gasteiger partial charge in [-0.25, -0.2) is 0 Å². The average Bonchev–Trinajstić information content (AvgIpc) is 3.23. The molecular formula is C16H15O. The van der Waals surface area contributed by atoms with Gasteiger partial charge >= 0.3 is 0 Å². The molecule has 0 bridgehead atoms.